The van der Waals surface area contributed by atoms with E-state index in [0.29, 0.717) is 16.9 Å². The molecule has 1 saturated carbocycles. The Morgan fingerprint density at radius 2 is 2.26 bits per heavy atom. The van der Waals surface area contributed by atoms with Crippen LogP contribution in [0.25, 0.3) is 0 Å². The number of aromatic nitrogens is 1. The van der Waals surface area contributed by atoms with E-state index >= 15 is 0 Å². The van der Waals surface area contributed by atoms with E-state index in [-0.39, 0.29) is 0 Å². The molecule has 2 rings (SSSR count). The minimum absolute atomic E-state index is 0.381. The summed E-state index contributed by atoms with van der Waals surface area (Å²) in [5, 5.41) is 3.75. The van der Waals surface area contributed by atoms with Crippen molar-refractivity contribution in [2.24, 2.45) is 0 Å². The van der Waals surface area contributed by atoms with E-state index in [1.54, 1.807) is 19.1 Å². The van der Waals surface area contributed by atoms with Crippen molar-refractivity contribution in [1.82, 2.24) is 4.98 Å². The minimum atomic E-state index is -0.416. The first-order chi connectivity index (χ1) is 9.19. The van der Waals surface area contributed by atoms with Crippen LogP contribution in [0.4, 0.5) is 5.69 Å². The lowest BCUT2D eigenvalue weighted by Crippen LogP contribution is -2.16. The molecule has 1 aromatic rings. The van der Waals surface area contributed by atoms with Gasteiger partial charge in [-0.05, 0) is 19.8 Å². The highest BCUT2D eigenvalue weighted by atomic mass is 35.5. The van der Waals surface area contributed by atoms with Gasteiger partial charge in [0.05, 0.1) is 11.9 Å². The van der Waals surface area contributed by atoms with Crippen molar-refractivity contribution in [3.63, 3.8) is 0 Å². The Hall–Kier alpha value is -1.55. The lowest BCUT2D eigenvalue weighted by Gasteiger charge is -2.16. The Morgan fingerprint density at radius 1 is 1.53 bits per heavy atom. The van der Waals surface area contributed by atoms with Crippen molar-refractivity contribution in [1.29, 1.82) is 0 Å². The summed E-state index contributed by atoms with van der Waals surface area (Å²) in [5.74, 6) is 0.000458. The fourth-order valence-corrected chi connectivity index (χ4v) is 2.34. The van der Waals surface area contributed by atoms with Crippen LogP contribution in [0.1, 0.15) is 32.6 Å². The molecule has 0 spiro atoms. The van der Waals surface area contributed by atoms with Crippen molar-refractivity contribution in [3.05, 3.63) is 29.6 Å². The smallest absolute Gasteiger partial charge is 0.335 e. The number of ether oxygens (including phenoxy) is 1. The Labute approximate surface area is 117 Å². The molecule has 0 aromatic carbocycles. The third-order valence-electron chi connectivity index (χ3n) is 3.06. The number of carbonyl (C=O) groups is 1. The molecular weight excluding hydrogens is 264 g/mol. The van der Waals surface area contributed by atoms with Crippen LogP contribution in [-0.2, 0) is 4.79 Å². The SMILES string of the molecule is CC=CC(=O)Oc1cnc(Cl)cc1NC1CCCC1. The molecule has 1 aliphatic rings. The second-order valence-corrected chi connectivity index (χ2v) is 4.94. The number of nitrogens with zero attached hydrogens (tertiary/aromatic N) is 1. The number of rotatable bonds is 4. The van der Waals surface area contributed by atoms with E-state index in [0.717, 1.165) is 18.5 Å². The number of nitrogens with one attached hydrogen (secondary N) is 1. The second-order valence-electron chi connectivity index (χ2n) is 4.55. The molecule has 0 saturated heterocycles. The Kier molecular flexibility index (Phi) is 4.80. The lowest BCUT2D eigenvalue weighted by molar-refractivity contribution is -0.128. The second kappa shape index (κ2) is 6.57. The number of carbonyl (C=O) groups excluding carboxylic acids is 1. The third kappa shape index (κ3) is 3.96. The van der Waals surface area contributed by atoms with Gasteiger partial charge in [0.15, 0.2) is 5.75 Å². The van der Waals surface area contributed by atoms with Crippen LogP contribution >= 0.6 is 11.6 Å². The zero-order valence-electron chi connectivity index (χ0n) is 10.9. The van der Waals surface area contributed by atoms with Gasteiger partial charge in [-0.1, -0.05) is 30.5 Å². The first kappa shape index (κ1) is 13.9. The van der Waals surface area contributed by atoms with E-state index in [9.17, 15) is 4.79 Å². The van der Waals surface area contributed by atoms with Gasteiger partial charge in [-0.25, -0.2) is 9.78 Å². The fourth-order valence-electron chi connectivity index (χ4n) is 2.18. The van der Waals surface area contributed by atoms with Crippen molar-refractivity contribution in [3.8, 4) is 5.75 Å². The number of anilines is 1. The van der Waals surface area contributed by atoms with E-state index < -0.39 is 5.97 Å². The molecule has 1 fully saturated rings. The summed E-state index contributed by atoms with van der Waals surface area (Å²) >= 11 is 5.89. The van der Waals surface area contributed by atoms with Gasteiger partial charge >= 0.3 is 5.97 Å². The van der Waals surface area contributed by atoms with E-state index in [4.69, 9.17) is 16.3 Å². The molecule has 102 valence electrons. The maximum atomic E-state index is 11.5. The van der Waals surface area contributed by atoms with Crippen LogP contribution < -0.4 is 10.1 Å². The molecule has 0 bridgehead atoms. The first-order valence-corrected chi connectivity index (χ1v) is 6.83. The van der Waals surface area contributed by atoms with Gasteiger partial charge in [-0.15, -0.1) is 0 Å². The summed E-state index contributed by atoms with van der Waals surface area (Å²) in [6, 6.07) is 2.11. The maximum absolute atomic E-state index is 11.5. The fraction of sp³-hybridized carbons (Fsp3) is 0.429. The molecular formula is C14H17ClN2O2. The monoisotopic (exact) mass is 280 g/mol. The number of esters is 1. The molecule has 1 aromatic heterocycles. The topological polar surface area (TPSA) is 51.2 Å². The standard InChI is InChI=1S/C14H17ClN2O2/c1-2-5-14(18)19-12-9-16-13(15)8-11(12)17-10-6-3-4-7-10/h2,5,8-10H,3-4,6-7H2,1H3,(H,16,17). The van der Waals surface area contributed by atoms with Gasteiger partial charge in [-0.3, -0.25) is 0 Å². The predicted molar refractivity (Wildman–Crippen MR) is 75.6 cm³/mol. The molecule has 0 aliphatic heterocycles. The molecule has 0 radical (unpaired) electrons. The zero-order valence-corrected chi connectivity index (χ0v) is 11.6. The first-order valence-electron chi connectivity index (χ1n) is 6.45. The molecule has 4 nitrogen and oxygen atoms in total. The summed E-state index contributed by atoms with van der Waals surface area (Å²) < 4.78 is 5.24. The summed E-state index contributed by atoms with van der Waals surface area (Å²) in [7, 11) is 0. The average Bonchev–Trinajstić information content (AvgIpc) is 2.86. The van der Waals surface area contributed by atoms with E-state index in [1.807, 2.05) is 0 Å². The van der Waals surface area contributed by atoms with Crippen molar-refractivity contribution in [2.45, 2.75) is 38.6 Å². The number of halogens is 1. The van der Waals surface area contributed by atoms with E-state index in [1.165, 1.54) is 25.1 Å². The van der Waals surface area contributed by atoms with Crippen LogP contribution in [0.15, 0.2) is 24.4 Å². The van der Waals surface area contributed by atoms with Crippen LogP contribution in [0, 0.1) is 0 Å². The quantitative estimate of drug-likeness (QED) is 0.520. The van der Waals surface area contributed by atoms with Gasteiger partial charge in [0.25, 0.3) is 0 Å². The van der Waals surface area contributed by atoms with Crippen molar-refractivity contribution >= 4 is 23.3 Å². The van der Waals surface area contributed by atoms with E-state index in [2.05, 4.69) is 10.3 Å². The number of allylic oxidation sites excluding steroid dienone is 1. The normalized spacial score (nSPS) is 15.9. The van der Waals surface area contributed by atoms with Crippen molar-refractivity contribution < 1.29 is 9.53 Å². The summed E-state index contributed by atoms with van der Waals surface area (Å²) in [6.45, 7) is 1.76. The van der Waals surface area contributed by atoms with Crippen LogP contribution in [0.2, 0.25) is 5.15 Å². The molecule has 0 unspecified atom stereocenters. The Morgan fingerprint density at radius 3 is 2.95 bits per heavy atom. The Balaban J connectivity index is 2.14. The van der Waals surface area contributed by atoms with Gasteiger partial charge in [0.2, 0.25) is 0 Å². The highest BCUT2D eigenvalue weighted by molar-refractivity contribution is 6.29. The highest BCUT2D eigenvalue weighted by Gasteiger charge is 2.17. The van der Waals surface area contributed by atoms with Crippen LogP contribution in [-0.4, -0.2) is 17.0 Å². The molecule has 19 heavy (non-hydrogen) atoms. The molecule has 0 atom stereocenters. The van der Waals surface area contributed by atoms with Gasteiger partial charge in [-0.2, -0.15) is 0 Å². The Bertz CT molecular complexity index is 482. The van der Waals surface area contributed by atoms with Crippen molar-refractivity contribution in [2.75, 3.05) is 5.32 Å². The molecule has 0 amide bonds. The predicted octanol–water partition coefficient (Wildman–Crippen LogP) is 3.57. The summed E-state index contributed by atoms with van der Waals surface area (Å²) in [6.07, 6.45) is 9.18. The van der Waals surface area contributed by atoms with Gasteiger partial charge in [0.1, 0.15) is 5.15 Å². The van der Waals surface area contributed by atoms with Gasteiger partial charge in [0, 0.05) is 18.2 Å². The third-order valence-corrected chi connectivity index (χ3v) is 3.27. The van der Waals surface area contributed by atoms with Gasteiger partial charge < -0.3 is 10.1 Å². The highest BCUT2D eigenvalue weighted by Crippen LogP contribution is 2.30. The number of hydrogen-bond acceptors (Lipinski definition) is 4. The average molecular weight is 281 g/mol. The molecule has 5 heteroatoms. The summed E-state index contributed by atoms with van der Waals surface area (Å²) in [5.41, 5.74) is 0.727. The molecule has 1 heterocycles. The lowest BCUT2D eigenvalue weighted by atomic mass is 10.2. The van der Waals surface area contributed by atoms with Crippen LogP contribution in [0.3, 0.4) is 0 Å². The number of pyridine rings is 1. The largest absolute Gasteiger partial charge is 0.419 e. The molecule has 1 N–H and O–H groups in total. The molecule has 1 aliphatic carbocycles. The summed E-state index contributed by atoms with van der Waals surface area (Å²) in [4.78, 5) is 15.4. The maximum Gasteiger partial charge on any atom is 0.335 e. The van der Waals surface area contributed by atoms with Crippen LogP contribution in [0.5, 0.6) is 5.75 Å². The zero-order chi connectivity index (χ0) is 13.7. The minimum Gasteiger partial charge on any atom is -0.419 e. The number of hydrogen-bond donors (Lipinski definition) is 1.